The van der Waals surface area contributed by atoms with E-state index >= 15 is 0 Å². The largest absolute Gasteiger partial charge is 0.310 e. The van der Waals surface area contributed by atoms with Crippen LogP contribution in [0.1, 0.15) is 29.7 Å². The van der Waals surface area contributed by atoms with E-state index in [0.717, 1.165) is 28.2 Å². The smallest absolute Gasteiger partial charge is 0.162 e. The van der Waals surface area contributed by atoms with Crippen LogP contribution in [0.3, 0.4) is 0 Å². The molecule has 1 nitrogen and oxygen atoms in total. The van der Waals surface area contributed by atoms with Gasteiger partial charge in [-0.25, -0.2) is 8.78 Å². The third kappa shape index (κ3) is 3.89. The van der Waals surface area contributed by atoms with Gasteiger partial charge in [0, 0.05) is 10.5 Å². The molecule has 21 heavy (non-hydrogen) atoms. The van der Waals surface area contributed by atoms with Crippen LogP contribution in [0.25, 0.3) is 0 Å². The lowest BCUT2D eigenvalue weighted by Crippen LogP contribution is -2.23. The summed E-state index contributed by atoms with van der Waals surface area (Å²) in [6.45, 7) is 4.77. The summed E-state index contributed by atoms with van der Waals surface area (Å²) in [5.41, 5.74) is 2.58. The predicted molar refractivity (Wildman–Crippen MR) is 85.4 cm³/mol. The van der Waals surface area contributed by atoms with Crippen LogP contribution in [-0.4, -0.2) is 6.54 Å². The van der Waals surface area contributed by atoms with Gasteiger partial charge in [-0.2, -0.15) is 0 Å². The van der Waals surface area contributed by atoms with Crippen LogP contribution in [0, 0.1) is 18.6 Å². The number of rotatable bonds is 5. The first kappa shape index (κ1) is 16.1. The average Bonchev–Trinajstić information content (AvgIpc) is 2.46. The Morgan fingerprint density at radius 1 is 1.19 bits per heavy atom. The van der Waals surface area contributed by atoms with E-state index in [1.165, 1.54) is 0 Å². The Labute approximate surface area is 132 Å². The van der Waals surface area contributed by atoms with E-state index in [0.29, 0.717) is 12.0 Å². The Bertz CT molecular complexity index is 628. The summed E-state index contributed by atoms with van der Waals surface area (Å²) in [6, 6.07) is 10.3. The zero-order chi connectivity index (χ0) is 15.4. The normalized spacial score (nSPS) is 12.4. The van der Waals surface area contributed by atoms with Crippen LogP contribution in [0.2, 0.25) is 0 Å². The van der Waals surface area contributed by atoms with Crippen molar-refractivity contribution in [2.24, 2.45) is 0 Å². The molecule has 0 amide bonds. The number of nitrogens with one attached hydrogen (secondary N) is 1. The quantitative estimate of drug-likeness (QED) is 0.803. The third-order valence-corrected chi connectivity index (χ3v) is 4.38. The van der Waals surface area contributed by atoms with Crippen molar-refractivity contribution in [1.29, 1.82) is 0 Å². The van der Waals surface area contributed by atoms with E-state index in [-0.39, 0.29) is 6.04 Å². The van der Waals surface area contributed by atoms with Gasteiger partial charge in [0.25, 0.3) is 0 Å². The van der Waals surface area contributed by atoms with Crippen molar-refractivity contribution in [3.63, 3.8) is 0 Å². The molecule has 0 fully saturated rings. The summed E-state index contributed by atoms with van der Waals surface area (Å²) in [7, 11) is 0. The number of likely N-dealkylation sites (N-methyl/N-ethyl adjacent to an activating group) is 1. The number of aryl methyl sites for hydroxylation is 1. The van der Waals surface area contributed by atoms with Gasteiger partial charge in [-0.05, 0) is 48.7 Å². The number of benzene rings is 2. The summed E-state index contributed by atoms with van der Waals surface area (Å²) in [4.78, 5) is 0. The van der Waals surface area contributed by atoms with Crippen molar-refractivity contribution in [3.8, 4) is 0 Å². The van der Waals surface area contributed by atoms with E-state index in [1.807, 2.05) is 26.0 Å². The molecule has 1 unspecified atom stereocenters. The van der Waals surface area contributed by atoms with Crippen LogP contribution in [0.5, 0.6) is 0 Å². The molecule has 1 atom stereocenters. The minimum absolute atomic E-state index is 0.0434. The zero-order valence-corrected chi connectivity index (χ0v) is 13.7. The minimum atomic E-state index is -0.797. The van der Waals surface area contributed by atoms with Gasteiger partial charge in [0.15, 0.2) is 11.6 Å². The van der Waals surface area contributed by atoms with Gasteiger partial charge in [0.1, 0.15) is 0 Å². The second-order valence-electron chi connectivity index (χ2n) is 5.04. The molecule has 0 saturated carbocycles. The molecule has 0 aliphatic carbocycles. The lowest BCUT2D eigenvalue weighted by molar-refractivity contribution is 0.481. The van der Waals surface area contributed by atoms with E-state index < -0.39 is 11.6 Å². The topological polar surface area (TPSA) is 12.0 Å². The van der Waals surface area contributed by atoms with E-state index in [1.54, 1.807) is 12.1 Å². The molecule has 2 aromatic rings. The molecule has 0 radical (unpaired) electrons. The van der Waals surface area contributed by atoms with Crippen molar-refractivity contribution in [2.75, 3.05) is 6.54 Å². The maximum absolute atomic E-state index is 13.9. The monoisotopic (exact) mass is 353 g/mol. The summed E-state index contributed by atoms with van der Waals surface area (Å²) in [5, 5.41) is 3.34. The highest BCUT2D eigenvalue weighted by atomic mass is 79.9. The minimum Gasteiger partial charge on any atom is -0.310 e. The highest BCUT2D eigenvalue weighted by molar-refractivity contribution is 9.10. The molecule has 0 saturated heterocycles. The second-order valence-corrected chi connectivity index (χ2v) is 5.89. The molecule has 0 heterocycles. The van der Waals surface area contributed by atoms with Gasteiger partial charge in [-0.15, -0.1) is 0 Å². The fourth-order valence-electron chi connectivity index (χ4n) is 2.36. The van der Waals surface area contributed by atoms with E-state index in [9.17, 15) is 8.78 Å². The summed E-state index contributed by atoms with van der Waals surface area (Å²) >= 11 is 3.48. The Balaban J connectivity index is 2.30. The van der Waals surface area contributed by atoms with Crippen molar-refractivity contribution in [2.45, 2.75) is 26.3 Å². The molecule has 4 heteroatoms. The highest BCUT2D eigenvalue weighted by Gasteiger charge is 2.16. The fraction of sp³-hybridized carbons (Fsp3) is 0.294. The van der Waals surface area contributed by atoms with Gasteiger partial charge in [0.05, 0.1) is 0 Å². The van der Waals surface area contributed by atoms with Crippen LogP contribution < -0.4 is 5.32 Å². The van der Waals surface area contributed by atoms with Gasteiger partial charge >= 0.3 is 0 Å². The Hall–Kier alpha value is -1.26. The number of hydrogen-bond donors (Lipinski definition) is 1. The van der Waals surface area contributed by atoms with Gasteiger partial charge < -0.3 is 5.32 Å². The van der Waals surface area contributed by atoms with Gasteiger partial charge in [-0.1, -0.05) is 47.1 Å². The van der Waals surface area contributed by atoms with E-state index in [2.05, 4.69) is 27.3 Å². The van der Waals surface area contributed by atoms with E-state index in [4.69, 9.17) is 0 Å². The summed E-state index contributed by atoms with van der Waals surface area (Å²) < 4.78 is 28.2. The Morgan fingerprint density at radius 3 is 2.62 bits per heavy atom. The van der Waals surface area contributed by atoms with Crippen molar-refractivity contribution in [1.82, 2.24) is 5.32 Å². The molecule has 1 N–H and O–H groups in total. The van der Waals surface area contributed by atoms with Crippen molar-refractivity contribution >= 4 is 15.9 Å². The highest BCUT2D eigenvalue weighted by Crippen LogP contribution is 2.25. The number of halogens is 3. The van der Waals surface area contributed by atoms with Crippen LogP contribution in [0.15, 0.2) is 40.9 Å². The molecule has 0 spiro atoms. The lowest BCUT2D eigenvalue weighted by atomic mass is 9.97. The zero-order valence-electron chi connectivity index (χ0n) is 12.1. The molecule has 2 aromatic carbocycles. The first-order valence-electron chi connectivity index (χ1n) is 6.95. The molecule has 112 valence electrons. The predicted octanol–water partition coefficient (Wildman–Crippen LogP) is 4.93. The SMILES string of the molecule is CCNC(Cc1cccc(F)c1F)c1ccc(Br)c(C)c1. The fourth-order valence-corrected chi connectivity index (χ4v) is 2.61. The second kappa shape index (κ2) is 7.14. The molecular formula is C17H18BrF2N. The van der Waals surface area contributed by atoms with Crippen LogP contribution >= 0.6 is 15.9 Å². The standard InChI is InChI=1S/C17H18BrF2N/c1-3-21-16(12-7-8-14(18)11(2)9-12)10-13-5-4-6-15(19)17(13)20/h4-9,16,21H,3,10H2,1-2H3. The molecular weight excluding hydrogens is 336 g/mol. The summed E-state index contributed by atoms with van der Waals surface area (Å²) in [6.07, 6.45) is 0.415. The molecule has 0 aromatic heterocycles. The lowest BCUT2D eigenvalue weighted by Gasteiger charge is -2.20. The molecule has 0 aliphatic rings. The van der Waals surface area contributed by atoms with Gasteiger partial charge in [-0.3, -0.25) is 0 Å². The Morgan fingerprint density at radius 2 is 1.95 bits per heavy atom. The van der Waals surface area contributed by atoms with Crippen molar-refractivity contribution < 1.29 is 8.78 Å². The third-order valence-electron chi connectivity index (χ3n) is 3.49. The average molecular weight is 354 g/mol. The maximum Gasteiger partial charge on any atom is 0.162 e. The van der Waals surface area contributed by atoms with Crippen LogP contribution in [0.4, 0.5) is 8.78 Å². The van der Waals surface area contributed by atoms with Gasteiger partial charge in [0.2, 0.25) is 0 Å². The Kier molecular flexibility index (Phi) is 5.48. The first-order valence-corrected chi connectivity index (χ1v) is 7.74. The van der Waals surface area contributed by atoms with Crippen LogP contribution in [-0.2, 0) is 6.42 Å². The molecule has 2 rings (SSSR count). The first-order chi connectivity index (χ1) is 10.0. The number of hydrogen-bond acceptors (Lipinski definition) is 1. The molecule has 0 aliphatic heterocycles. The molecule has 0 bridgehead atoms. The summed E-state index contributed by atoms with van der Waals surface area (Å²) in [5.74, 6) is -1.55. The van der Waals surface area contributed by atoms with Crippen molar-refractivity contribution in [3.05, 3.63) is 69.2 Å². The maximum atomic E-state index is 13.9.